The van der Waals surface area contributed by atoms with Crippen LogP contribution in [0.15, 0.2) is 24.7 Å². The van der Waals surface area contributed by atoms with Crippen molar-refractivity contribution in [2.24, 2.45) is 0 Å². The van der Waals surface area contributed by atoms with Crippen LogP contribution < -0.4 is 10.6 Å². The van der Waals surface area contributed by atoms with E-state index >= 15 is 0 Å². The number of nitrogens with zero attached hydrogens (tertiary/aromatic N) is 3. The number of anilines is 1. The van der Waals surface area contributed by atoms with Crippen LogP contribution in [0, 0.1) is 0 Å². The van der Waals surface area contributed by atoms with Crippen molar-refractivity contribution in [3.05, 3.63) is 36.2 Å². The maximum Gasteiger partial charge on any atom is 0.116 e. The predicted molar refractivity (Wildman–Crippen MR) is 82.9 cm³/mol. The third-order valence-electron chi connectivity index (χ3n) is 4.67. The van der Waals surface area contributed by atoms with Crippen LogP contribution in [0.2, 0.25) is 0 Å². The van der Waals surface area contributed by atoms with Gasteiger partial charge in [0.15, 0.2) is 0 Å². The van der Waals surface area contributed by atoms with Crippen LogP contribution in [0.1, 0.15) is 44.1 Å². The Morgan fingerprint density at radius 1 is 1.24 bits per heavy atom. The maximum atomic E-state index is 4.73. The monoisotopic (exact) mass is 283 g/mol. The molecule has 4 rings (SSSR count). The molecule has 21 heavy (non-hydrogen) atoms. The molecule has 1 fully saturated rings. The average Bonchev–Trinajstić information content (AvgIpc) is 2.95. The second-order valence-electron chi connectivity index (χ2n) is 6.34. The maximum absolute atomic E-state index is 4.73. The number of fused-ring (bicyclic) bond motifs is 4. The summed E-state index contributed by atoms with van der Waals surface area (Å²) in [7, 11) is 0. The molecule has 4 heterocycles. The fraction of sp³-hybridized carbons (Fsp3) is 0.500. The second-order valence-corrected chi connectivity index (χ2v) is 6.34. The molecule has 0 amide bonds. The quantitative estimate of drug-likeness (QED) is 0.844. The molecule has 2 aliphatic rings. The molecule has 0 atom stereocenters. The van der Waals surface area contributed by atoms with Gasteiger partial charge in [0.05, 0.1) is 35.0 Å². The standard InChI is InChI=1S/C16H21N5/c1-11(2)15-19-10-14-16(4-7-17-8-5-16)20-12-9-18-6-3-13(12)21(14)15/h3,6,9-11,17,20H,4-5,7-8H2,1-2H3. The molecule has 0 bridgehead atoms. The van der Waals surface area contributed by atoms with E-state index in [4.69, 9.17) is 4.98 Å². The van der Waals surface area contributed by atoms with Crippen LogP contribution in [0.3, 0.4) is 0 Å². The number of piperidine rings is 1. The van der Waals surface area contributed by atoms with Gasteiger partial charge in [-0.1, -0.05) is 13.8 Å². The Balaban J connectivity index is 1.96. The first kappa shape index (κ1) is 12.8. The number of pyridine rings is 1. The van der Waals surface area contributed by atoms with Gasteiger partial charge in [0.2, 0.25) is 0 Å². The highest BCUT2D eigenvalue weighted by Crippen LogP contribution is 2.43. The lowest BCUT2D eigenvalue weighted by Crippen LogP contribution is -2.48. The van der Waals surface area contributed by atoms with Crippen molar-refractivity contribution in [1.82, 2.24) is 19.9 Å². The Bertz CT molecular complexity index is 667. The summed E-state index contributed by atoms with van der Waals surface area (Å²) < 4.78 is 2.35. The molecule has 2 aliphatic heterocycles. The highest BCUT2D eigenvalue weighted by molar-refractivity contribution is 5.66. The van der Waals surface area contributed by atoms with Gasteiger partial charge >= 0.3 is 0 Å². The summed E-state index contributed by atoms with van der Waals surface area (Å²) in [6.07, 6.45) is 8.01. The molecular formula is C16H21N5. The Morgan fingerprint density at radius 3 is 2.81 bits per heavy atom. The first-order chi connectivity index (χ1) is 10.2. The highest BCUT2D eigenvalue weighted by atomic mass is 15.2. The van der Waals surface area contributed by atoms with E-state index in [0.717, 1.165) is 37.4 Å². The normalized spacial score (nSPS) is 19.2. The summed E-state index contributed by atoms with van der Waals surface area (Å²) in [6, 6.07) is 2.08. The zero-order valence-electron chi connectivity index (χ0n) is 12.6. The SMILES string of the molecule is CC(C)c1ncc2n1-c1ccncc1NC21CCNCC1. The third kappa shape index (κ3) is 1.80. The van der Waals surface area contributed by atoms with Crippen molar-refractivity contribution < 1.29 is 0 Å². The van der Waals surface area contributed by atoms with Gasteiger partial charge in [0, 0.05) is 12.1 Å². The van der Waals surface area contributed by atoms with Crippen molar-refractivity contribution in [3.8, 4) is 5.69 Å². The van der Waals surface area contributed by atoms with Gasteiger partial charge in [0.25, 0.3) is 0 Å². The summed E-state index contributed by atoms with van der Waals surface area (Å²) in [5.41, 5.74) is 3.57. The molecule has 0 unspecified atom stereocenters. The summed E-state index contributed by atoms with van der Waals surface area (Å²) >= 11 is 0. The predicted octanol–water partition coefficient (Wildman–Crippen LogP) is 2.39. The molecule has 2 N–H and O–H groups in total. The second kappa shape index (κ2) is 4.56. The van der Waals surface area contributed by atoms with E-state index in [2.05, 4.69) is 46.3 Å². The fourth-order valence-electron chi connectivity index (χ4n) is 3.60. The van der Waals surface area contributed by atoms with Crippen molar-refractivity contribution in [1.29, 1.82) is 0 Å². The minimum absolute atomic E-state index is 0.0125. The molecule has 0 radical (unpaired) electrons. The molecule has 2 aromatic heterocycles. The molecule has 5 heteroatoms. The molecule has 5 nitrogen and oxygen atoms in total. The first-order valence-electron chi connectivity index (χ1n) is 7.73. The molecule has 0 aliphatic carbocycles. The number of rotatable bonds is 1. The Hall–Kier alpha value is -1.88. The summed E-state index contributed by atoms with van der Waals surface area (Å²) in [6.45, 7) is 6.47. The van der Waals surface area contributed by atoms with Crippen LogP contribution >= 0.6 is 0 Å². The van der Waals surface area contributed by atoms with E-state index in [1.54, 1.807) is 0 Å². The van der Waals surface area contributed by atoms with Crippen molar-refractivity contribution in [2.75, 3.05) is 18.4 Å². The van der Waals surface area contributed by atoms with E-state index in [1.807, 2.05) is 12.4 Å². The highest BCUT2D eigenvalue weighted by Gasteiger charge is 2.41. The fourth-order valence-corrected chi connectivity index (χ4v) is 3.60. The van der Waals surface area contributed by atoms with Crippen molar-refractivity contribution in [2.45, 2.75) is 38.1 Å². The van der Waals surface area contributed by atoms with Gasteiger partial charge in [-0.15, -0.1) is 0 Å². The number of aromatic nitrogens is 3. The van der Waals surface area contributed by atoms with Gasteiger partial charge in [-0.2, -0.15) is 0 Å². The third-order valence-corrected chi connectivity index (χ3v) is 4.67. The first-order valence-corrected chi connectivity index (χ1v) is 7.73. The molecular weight excluding hydrogens is 262 g/mol. The molecule has 1 spiro atoms. The lowest BCUT2D eigenvalue weighted by atomic mass is 9.83. The number of hydrogen-bond donors (Lipinski definition) is 2. The Labute approximate surface area is 124 Å². The van der Waals surface area contributed by atoms with Gasteiger partial charge in [-0.05, 0) is 32.0 Å². The van der Waals surface area contributed by atoms with Gasteiger partial charge in [-0.3, -0.25) is 9.55 Å². The largest absolute Gasteiger partial charge is 0.371 e. The molecule has 0 saturated carbocycles. The zero-order chi connectivity index (χ0) is 14.4. The number of nitrogens with one attached hydrogen (secondary N) is 2. The van der Waals surface area contributed by atoms with E-state index in [-0.39, 0.29) is 5.54 Å². The summed E-state index contributed by atoms with van der Waals surface area (Å²) in [4.78, 5) is 9.02. The van der Waals surface area contributed by atoms with Crippen LogP contribution in [-0.4, -0.2) is 27.6 Å². The molecule has 1 saturated heterocycles. The van der Waals surface area contributed by atoms with Crippen molar-refractivity contribution in [3.63, 3.8) is 0 Å². The Morgan fingerprint density at radius 2 is 2.05 bits per heavy atom. The van der Waals surface area contributed by atoms with Gasteiger partial charge in [0.1, 0.15) is 5.82 Å². The lowest BCUT2D eigenvalue weighted by Gasteiger charge is -2.43. The topological polar surface area (TPSA) is 54.8 Å². The van der Waals surface area contributed by atoms with Crippen LogP contribution in [0.25, 0.3) is 5.69 Å². The molecule has 0 aromatic carbocycles. The zero-order valence-corrected chi connectivity index (χ0v) is 12.6. The van der Waals surface area contributed by atoms with E-state index < -0.39 is 0 Å². The van der Waals surface area contributed by atoms with Gasteiger partial charge in [-0.25, -0.2) is 4.98 Å². The van der Waals surface area contributed by atoms with E-state index in [0.29, 0.717) is 5.92 Å². The van der Waals surface area contributed by atoms with Crippen LogP contribution in [0.4, 0.5) is 5.69 Å². The minimum Gasteiger partial charge on any atom is -0.371 e. The van der Waals surface area contributed by atoms with E-state index in [9.17, 15) is 0 Å². The molecule has 2 aromatic rings. The average molecular weight is 283 g/mol. The smallest absolute Gasteiger partial charge is 0.116 e. The van der Waals surface area contributed by atoms with Crippen LogP contribution in [0.5, 0.6) is 0 Å². The lowest BCUT2D eigenvalue weighted by molar-refractivity contribution is 0.329. The number of imidazole rings is 1. The Kier molecular flexibility index (Phi) is 2.79. The van der Waals surface area contributed by atoms with Gasteiger partial charge < -0.3 is 10.6 Å². The molecule has 110 valence electrons. The van der Waals surface area contributed by atoms with Crippen molar-refractivity contribution >= 4 is 5.69 Å². The number of hydrogen-bond acceptors (Lipinski definition) is 4. The minimum atomic E-state index is -0.0125. The van der Waals surface area contributed by atoms with E-state index in [1.165, 1.54) is 11.4 Å². The summed E-state index contributed by atoms with van der Waals surface area (Å²) in [5.74, 6) is 1.54. The van der Waals surface area contributed by atoms with Crippen LogP contribution in [-0.2, 0) is 5.54 Å². The summed E-state index contributed by atoms with van der Waals surface area (Å²) in [5, 5.41) is 7.21.